The van der Waals surface area contributed by atoms with Crippen LogP contribution in [0.15, 0.2) is 51.8 Å². The van der Waals surface area contributed by atoms with Crippen LogP contribution in [0.1, 0.15) is 5.56 Å². The maximum absolute atomic E-state index is 12.9. The van der Waals surface area contributed by atoms with Crippen molar-refractivity contribution < 1.29 is 14.3 Å². The number of halogens is 1. The zero-order valence-corrected chi connectivity index (χ0v) is 16.7. The first kappa shape index (κ1) is 18.0. The third-order valence-corrected chi connectivity index (χ3v) is 5.59. The minimum atomic E-state index is -0.153. The summed E-state index contributed by atoms with van der Waals surface area (Å²) in [6.07, 6.45) is 1.79. The Hall–Kier alpha value is -1.83. The molecule has 25 heavy (non-hydrogen) atoms. The second-order valence-corrected chi connectivity index (χ2v) is 7.61. The van der Waals surface area contributed by atoms with E-state index in [1.165, 1.54) is 16.7 Å². The molecule has 4 nitrogen and oxygen atoms in total. The molecule has 128 valence electrons. The van der Waals surface area contributed by atoms with E-state index < -0.39 is 0 Å². The van der Waals surface area contributed by atoms with E-state index in [1.807, 2.05) is 36.4 Å². The SMILES string of the molecule is COc1ccc(C=C2SC(=S)N(c3ccccc3Br)C2=O)c(OC)c1. The highest BCUT2D eigenvalue weighted by Gasteiger charge is 2.34. The number of benzene rings is 2. The summed E-state index contributed by atoms with van der Waals surface area (Å²) in [4.78, 5) is 14.9. The number of thioether (sulfide) groups is 1. The van der Waals surface area contributed by atoms with E-state index in [0.29, 0.717) is 20.7 Å². The summed E-state index contributed by atoms with van der Waals surface area (Å²) < 4.78 is 11.9. The fourth-order valence-electron chi connectivity index (χ4n) is 2.39. The van der Waals surface area contributed by atoms with Crippen LogP contribution >= 0.6 is 39.9 Å². The van der Waals surface area contributed by atoms with Crippen molar-refractivity contribution in [2.75, 3.05) is 19.1 Å². The molecule has 0 N–H and O–H groups in total. The number of rotatable bonds is 4. The number of hydrogen-bond donors (Lipinski definition) is 0. The van der Waals surface area contributed by atoms with Gasteiger partial charge in [-0.3, -0.25) is 9.69 Å². The molecule has 1 amide bonds. The quantitative estimate of drug-likeness (QED) is 0.505. The summed E-state index contributed by atoms with van der Waals surface area (Å²) in [5.41, 5.74) is 1.52. The number of carbonyl (C=O) groups excluding carboxylic acids is 1. The topological polar surface area (TPSA) is 38.8 Å². The molecule has 0 aliphatic carbocycles. The van der Waals surface area contributed by atoms with Crippen LogP contribution in [0.3, 0.4) is 0 Å². The molecule has 2 aromatic rings. The van der Waals surface area contributed by atoms with E-state index >= 15 is 0 Å². The van der Waals surface area contributed by atoms with Crippen LogP contribution in [0.2, 0.25) is 0 Å². The molecule has 2 aromatic carbocycles. The predicted octanol–water partition coefficient (Wildman–Crippen LogP) is 4.87. The predicted molar refractivity (Wildman–Crippen MR) is 109 cm³/mol. The van der Waals surface area contributed by atoms with E-state index in [4.69, 9.17) is 21.7 Å². The van der Waals surface area contributed by atoms with Gasteiger partial charge in [-0.25, -0.2) is 0 Å². The number of methoxy groups -OCH3 is 2. The van der Waals surface area contributed by atoms with Crippen LogP contribution in [-0.4, -0.2) is 24.4 Å². The summed E-state index contributed by atoms with van der Waals surface area (Å²) in [6.45, 7) is 0. The van der Waals surface area contributed by atoms with Gasteiger partial charge in [-0.15, -0.1) is 0 Å². The molecule has 0 atom stereocenters. The number of carbonyl (C=O) groups is 1. The Balaban J connectivity index is 1.97. The number of hydrogen-bond acceptors (Lipinski definition) is 5. The van der Waals surface area contributed by atoms with E-state index in [9.17, 15) is 4.79 Å². The second-order valence-electron chi connectivity index (χ2n) is 5.08. The van der Waals surface area contributed by atoms with Gasteiger partial charge in [0.25, 0.3) is 5.91 Å². The van der Waals surface area contributed by atoms with Gasteiger partial charge in [-0.2, -0.15) is 0 Å². The van der Waals surface area contributed by atoms with Crippen LogP contribution in [0.25, 0.3) is 6.08 Å². The largest absolute Gasteiger partial charge is 0.497 e. The van der Waals surface area contributed by atoms with Gasteiger partial charge in [0.15, 0.2) is 4.32 Å². The minimum absolute atomic E-state index is 0.153. The fraction of sp³-hybridized carbons (Fsp3) is 0.111. The van der Waals surface area contributed by atoms with Crippen molar-refractivity contribution in [2.45, 2.75) is 0 Å². The monoisotopic (exact) mass is 435 g/mol. The maximum atomic E-state index is 12.9. The van der Waals surface area contributed by atoms with Crippen molar-refractivity contribution in [3.05, 3.63) is 57.4 Å². The van der Waals surface area contributed by atoms with Gasteiger partial charge in [0.05, 0.1) is 24.8 Å². The minimum Gasteiger partial charge on any atom is -0.497 e. The Morgan fingerprint density at radius 2 is 1.92 bits per heavy atom. The Kier molecular flexibility index (Phi) is 5.46. The Morgan fingerprint density at radius 3 is 2.60 bits per heavy atom. The molecule has 1 aliphatic rings. The van der Waals surface area contributed by atoms with Gasteiger partial charge in [0.1, 0.15) is 11.5 Å². The highest BCUT2D eigenvalue weighted by molar-refractivity contribution is 9.10. The van der Waals surface area contributed by atoms with Crippen molar-refractivity contribution >= 4 is 61.9 Å². The lowest BCUT2D eigenvalue weighted by Crippen LogP contribution is -2.27. The van der Waals surface area contributed by atoms with Crippen molar-refractivity contribution in [1.82, 2.24) is 0 Å². The normalized spacial score (nSPS) is 15.8. The molecule has 1 saturated heterocycles. The van der Waals surface area contributed by atoms with Crippen molar-refractivity contribution in [2.24, 2.45) is 0 Å². The van der Waals surface area contributed by atoms with E-state index in [2.05, 4.69) is 15.9 Å². The molecule has 0 saturated carbocycles. The molecule has 0 spiro atoms. The summed E-state index contributed by atoms with van der Waals surface area (Å²) in [5.74, 6) is 1.17. The molecule has 1 aliphatic heterocycles. The highest BCUT2D eigenvalue weighted by Crippen LogP contribution is 2.39. The molecule has 0 aromatic heterocycles. The standard InChI is InChI=1S/C18H14BrNO3S2/c1-22-12-8-7-11(15(10-12)23-2)9-16-17(21)20(18(24)25-16)14-6-4-3-5-13(14)19/h3-10H,1-2H3. The van der Waals surface area contributed by atoms with Crippen molar-refractivity contribution in [1.29, 1.82) is 0 Å². The molecule has 7 heteroatoms. The van der Waals surface area contributed by atoms with E-state index in [-0.39, 0.29) is 5.91 Å². The summed E-state index contributed by atoms with van der Waals surface area (Å²) in [5, 5.41) is 0. The van der Waals surface area contributed by atoms with Crippen molar-refractivity contribution in [3.8, 4) is 11.5 Å². The molecule has 0 radical (unpaired) electrons. The van der Waals surface area contributed by atoms with Gasteiger partial charge in [-0.1, -0.05) is 36.1 Å². The van der Waals surface area contributed by atoms with Crippen LogP contribution in [0.4, 0.5) is 5.69 Å². The van der Waals surface area contributed by atoms with Gasteiger partial charge < -0.3 is 9.47 Å². The summed E-state index contributed by atoms with van der Waals surface area (Å²) in [7, 11) is 3.18. The molecule has 1 heterocycles. The smallest absolute Gasteiger partial charge is 0.270 e. The number of para-hydroxylation sites is 1. The van der Waals surface area contributed by atoms with Crippen LogP contribution in [0.5, 0.6) is 11.5 Å². The lowest BCUT2D eigenvalue weighted by Gasteiger charge is -2.16. The molecule has 1 fully saturated rings. The number of ether oxygens (including phenoxy) is 2. The van der Waals surface area contributed by atoms with Gasteiger partial charge in [0.2, 0.25) is 0 Å². The summed E-state index contributed by atoms with van der Waals surface area (Å²) >= 11 is 10.1. The van der Waals surface area contributed by atoms with Crippen LogP contribution < -0.4 is 14.4 Å². The van der Waals surface area contributed by atoms with Gasteiger partial charge in [-0.05, 0) is 46.3 Å². The second kappa shape index (κ2) is 7.59. The molecular weight excluding hydrogens is 422 g/mol. The zero-order chi connectivity index (χ0) is 18.0. The fourth-order valence-corrected chi connectivity index (χ4v) is 4.13. The molecular formula is C18H14BrNO3S2. The number of anilines is 1. The number of thiocarbonyl (C=S) groups is 1. The average molecular weight is 436 g/mol. The number of nitrogens with zero attached hydrogens (tertiary/aromatic N) is 1. The third-order valence-electron chi connectivity index (χ3n) is 3.61. The Labute approximate surface area is 163 Å². The van der Waals surface area contributed by atoms with E-state index in [1.54, 1.807) is 26.4 Å². The van der Waals surface area contributed by atoms with Crippen molar-refractivity contribution in [3.63, 3.8) is 0 Å². The highest BCUT2D eigenvalue weighted by atomic mass is 79.9. The number of amides is 1. The lowest BCUT2D eigenvalue weighted by molar-refractivity contribution is -0.113. The first-order chi connectivity index (χ1) is 12.0. The van der Waals surface area contributed by atoms with E-state index in [0.717, 1.165) is 15.7 Å². The molecule has 0 unspecified atom stereocenters. The van der Waals surface area contributed by atoms with Gasteiger partial charge >= 0.3 is 0 Å². The lowest BCUT2D eigenvalue weighted by atomic mass is 10.1. The third kappa shape index (κ3) is 3.58. The van der Waals surface area contributed by atoms with Gasteiger partial charge in [0, 0.05) is 16.1 Å². The van der Waals surface area contributed by atoms with Crippen LogP contribution in [-0.2, 0) is 4.79 Å². The average Bonchev–Trinajstić information content (AvgIpc) is 2.89. The maximum Gasteiger partial charge on any atom is 0.270 e. The first-order valence-electron chi connectivity index (χ1n) is 7.29. The summed E-state index contributed by atoms with van der Waals surface area (Å²) in [6, 6.07) is 12.9. The molecule has 3 rings (SSSR count). The Morgan fingerprint density at radius 1 is 1.16 bits per heavy atom. The zero-order valence-electron chi connectivity index (χ0n) is 13.5. The first-order valence-corrected chi connectivity index (χ1v) is 9.31. The molecule has 0 bridgehead atoms. The Bertz CT molecular complexity index is 882. The van der Waals surface area contributed by atoms with Crippen LogP contribution in [0, 0.1) is 0 Å².